The van der Waals surface area contributed by atoms with E-state index < -0.39 is 5.60 Å². The molecule has 0 spiro atoms. The molecule has 0 aliphatic carbocycles. The van der Waals surface area contributed by atoms with Gasteiger partial charge < -0.3 is 15.2 Å². The largest absolute Gasteiger partial charge is 0.492 e. The van der Waals surface area contributed by atoms with Gasteiger partial charge in [0.25, 0.3) is 0 Å². The van der Waals surface area contributed by atoms with Gasteiger partial charge in [0.15, 0.2) is 0 Å². The number of thiophene rings is 1. The van der Waals surface area contributed by atoms with Crippen molar-refractivity contribution in [3.63, 3.8) is 0 Å². The van der Waals surface area contributed by atoms with Gasteiger partial charge >= 0.3 is 0 Å². The first-order chi connectivity index (χ1) is 10.1. The molecule has 3 nitrogen and oxygen atoms in total. The van der Waals surface area contributed by atoms with Gasteiger partial charge in [0.05, 0.1) is 11.6 Å². The van der Waals surface area contributed by atoms with Crippen molar-refractivity contribution in [1.82, 2.24) is 5.32 Å². The minimum absolute atomic E-state index is 0.152. The molecular formula is C16H18ClNO2S. The molecule has 2 N–H and O–H groups in total. The summed E-state index contributed by atoms with van der Waals surface area (Å²) in [6.45, 7) is 2.96. The normalized spacial score (nSPS) is 20.4. The number of para-hydroxylation sites is 1. The Morgan fingerprint density at radius 2 is 2.29 bits per heavy atom. The summed E-state index contributed by atoms with van der Waals surface area (Å²) in [5.74, 6) is 0.763. The molecular weight excluding hydrogens is 306 g/mol. The zero-order chi connectivity index (χ0) is 14.9. The van der Waals surface area contributed by atoms with Crippen LogP contribution in [-0.4, -0.2) is 18.3 Å². The van der Waals surface area contributed by atoms with E-state index in [1.54, 1.807) is 11.3 Å². The Hall–Kier alpha value is -1.07. The van der Waals surface area contributed by atoms with E-state index in [2.05, 4.69) is 5.32 Å². The van der Waals surface area contributed by atoms with Gasteiger partial charge in [-0.1, -0.05) is 29.8 Å². The average Bonchev–Trinajstić information content (AvgIpc) is 3.01. The van der Waals surface area contributed by atoms with E-state index in [0.717, 1.165) is 22.6 Å². The van der Waals surface area contributed by atoms with Gasteiger partial charge in [-0.15, -0.1) is 11.3 Å². The number of benzene rings is 1. The monoisotopic (exact) mass is 323 g/mol. The molecule has 2 aromatic rings. The van der Waals surface area contributed by atoms with Crippen LogP contribution in [0, 0.1) is 0 Å². The predicted octanol–water partition coefficient (Wildman–Crippen LogP) is 3.72. The predicted molar refractivity (Wildman–Crippen MR) is 86.2 cm³/mol. The van der Waals surface area contributed by atoms with Crippen LogP contribution in [0.4, 0.5) is 0 Å². The van der Waals surface area contributed by atoms with Crippen LogP contribution in [0.25, 0.3) is 0 Å². The minimum Gasteiger partial charge on any atom is -0.492 e. The van der Waals surface area contributed by atoms with Gasteiger partial charge in [-0.05, 0) is 24.4 Å². The fraction of sp³-hybridized carbons (Fsp3) is 0.375. The fourth-order valence-electron chi connectivity index (χ4n) is 2.59. The van der Waals surface area contributed by atoms with Crippen molar-refractivity contribution in [3.05, 3.63) is 51.2 Å². The van der Waals surface area contributed by atoms with Crippen LogP contribution in [0.15, 0.2) is 35.7 Å². The van der Waals surface area contributed by atoms with Gasteiger partial charge in [-0.2, -0.15) is 0 Å². The van der Waals surface area contributed by atoms with Gasteiger partial charge in [-0.3, -0.25) is 0 Å². The average molecular weight is 324 g/mol. The van der Waals surface area contributed by atoms with Crippen LogP contribution in [0.1, 0.15) is 29.8 Å². The van der Waals surface area contributed by atoms with Crippen LogP contribution < -0.4 is 10.1 Å². The van der Waals surface area contributed by atoms with Crippen molar-refractivity contribution >= 4 is 22.9 Å². The van der Waals surface area contributed by atoms with E-state index in [-0.39, 0.29) is 6.04 Å². The summed E-state index contributed by atoms with van der Waals surface area (Å²) >= 11 is 7.75. The molecule has 0 fully saturated rings. The maximum atomic E-state index is 10.6. The third-order valence-electron chi connectivity index (χ3n) is 3.77. The zero-order valence-electron chi connectivity index (χ0n) is 11.8. The first kappa shape index (κ1) is 14.9. The zero-order valence-corrected chi connectivity index (χ0v) is 13.4. The van der Waals surface area contributed by atoms with Crippen LogP contribution in [-0.2, 0) is 5.60 Å². The molecule has 2 unspecified atom stereocenters. The highest BCUT2D eigenvalue weighted by Gasteiger charge is 2.28. The topological polar surface area (TPSA) is 41.5 Å². The number of aliphatic hydroxyl groups is 1. The Morgan fingerprint density at radius 1 is 1.43 bits per heavy atom. The smallest absolute Gasteiger partial charge is 0.142 e. The summed E-state index contributed by atoms with van der Waals surface area (Å²) in [6, 6.07) is 9.86. The fourth-order valence-corrected chi connectivity index (χ4v) is 3.62. The molecule has 1 aliphatic rings. The lowest BCUT2D eigenvalue weighted by Crippen LogP contribution is -2.38. The van der Waals surface area contributed by atoms with Gasteiger partial charge in [0.1, 0.15) is 11.4 Å². The van der Waals surface area contributed by atoms with Gasteiger partial charge in [0.2, 0.25) is 0 Å². The van der Waals surface area contributed by atoms with Gasteiger partial charge in [0, 0.05) is 29.4 Å². The van der Waals surface area contributed by atoms with Crippen LogP contribution in [0.5, 0.6) is 5.75 Å². The first-order valence-corrected chi connectivity index (χ1v) is 8.24. The summed E-state index contributed by atoms with van der Waals surface area (Å²) in [7, 11) is 0. The number of hydrogen-bond donors (Lipinski definition) is 2. The summed E-state index contributed by atoms with van der Waals surface area (Å²) in [6.07, 6.45) is 0.869. The lowest BCUT2D eigenvalue weighted by Gasteiger charge is -2.30. The first-order valence-electron chi connectivity index (χ1n) is 6.99. The lowest BCUT2D eigenvalue weighted by atomic mass is 9.98. The lowest BCUT2D eigenvalue weighted by molar-refractivity contribution is 0.0555. The molecule has 0 radical (unpaired) electrons. The molecule has 3 rings (SSSR count). The molecule has 1 aromatic heterocycles. The molecule has 21 heavy (non-hydrogen) atoms. The van der Waals surface area contributed by atoms with E-state index in [9.17, 15) is 5.11 Å². The van der Waals surface area contributed by atoms with Crippen molar-refractivity contribution in [2.24, 2.45) is 0 Å². The highest BCUT2D eigenvalue weighted by Crippen LogP contribution is 2.38. The summed E-state index contributed by atoms with van der Waals surface area (Å²) < 4.78 is 5.66. The van der Waals surface area contributed by atoms with E-state index in [1.807, 2.05) is 42.6 Å². The third-order valence-corrected chi connectivity index (χ3v) is 5.19. The third kappa shape index (κ3) is 3.09. The highest BCUT2D eigenvalue weighted by molar-refractivity contribution is 7.10. The second-order valence-corrected chi connectivity index (χ2v) is 6.83. The van der Waals surface area contributed by atoms with E-state index in [1.165, 1.54) is 0 Å². The number of ether oxygens (including phenoxy) is 1. The Balaban J connectivity index is 1.74. The Kier molecular flexibility index (Phi) is 4.22. The SMILES string of the molecule is CC(O)(CNC1CCOc2c(Cl)cccc21)c1cccs1. The second kappa shape index (κ2) is 5.97. The van der Waals surface area contributed by atoms with Crippen molar-refractivity contribution in [2.75, 3.05) is 13.2 Å². The van der Waals surface area contributed by atoms with Crippen LogP contribution in [0.3, 0.4) is 0 Å². The van der Waals surface area contributed by atoms with Crippen molar-refractivity contribution in [3.8, 4) is 5.75 Å². The maximum Gasteiger partial charge on any atom is 0.142 e. The standard InChI is InChI=1S/C16H18ClNO2S/c1-16(19,14-6-3-9-21-14)10-18-13-7-8-20-15-11(13)4-2-5-12(15)17/h2-6,9,13,18-19H,7-8,10H2,1H3. The van der Waals surface area contributed by atoms with Crippen LogP contribution in [0.2, 0.25) is 5.02 Å². The molecule has 0 saturated heterocycles. The number of fused-ring (bicyclic) bond motifs is 1. The quantitative estimate of drug-likeness (QED) is 0.901. The molecule has 112 valence electrons. The van der Waals surface area contributed by atoms with E-state index in [4.69, 9.17) is 16.3 Å². The second-order valence-electron chi connectivity index (χ2n) is 5.48. The van der Waals surface area contributed by atoms with Gasteiger partial charge in [-0.25, -0.2) is 0 Å². The molecule has 1 aliphatic heterocycles. The summed E-state index contributed by atoms with van der Waals surface area (Å²) in [4.78, 5) is 0.966. The Bertz CT molecular complexity index is 613. The van der Waals surface area contributed by atoms with Crippen molar-refractivity contribution in [1.29, 1.82) is 0 Å². The maximum absolute atomic E-state index is 10.6. The Morgan fingerprint density at radius 3 is 3.05 bits per heavy atom. The van der Waals surface area contributed by atoms with Crippen LogP contribution >= 0.6 is 22.9 Å². The Labute approximate surface area is 133 Å². The summed E-state index contributed by atoms with van der Waals surface area (Å²) in [5, 5.41) is 16.7. The number of rotatable bonds is 4. The molecule has 0 saturated carbocycles. The van der Waals surface area contributed by atoms with Crippen molar-refractivity contribution < 1.29 is 9.84 Å². The van der Waals surface area contributed by atoms with E-state index >= 15 is 0 Å². The molecule has 2 heterocycles. The summed E-state index contributed by atoms with van der Waals surface area (Å²) in [5.41, 5.74) is 0.196. The highest BCUT2D eigenvalue weighted by atomic mass is 35.5. The molecule has 1 aromatic carbocycles. The van der Waals surface area contributed by atoms with E-state index in [0.29, 0.717) is 18.2 Å². The number of nitrogens with one attached hydrogen (secondary N) is 1. The molecule has 2 atom stereocenters. The molecule has 0 bridgehead atoms. The van der Waals surface area contributed by atoms with Crippen molar-refractivity contribution in [2.45, 2.75) is 25.0 Å². The minimum atomic E-state index is -0.870. The molecule has 0 amide bonds. The number of hydrogen-bond acceptors (Lipinski definition) is 4. The molecule has 5 heteroatoms. The number of halogens is 1.